The summed E-state index contributed by atoms with van der Waals surface area (Å²) >= 11 is 0. The summed E-state index contributed by atoms with van der Waals surface area (Å²) < 4.78 is 7.12. The summed E-state index contributed by atoms with van der Waals surface area (Å²) in [4.78, 5) is 17.4. The number of hydrogen-bond acceptors (Lipinski definition) is 5. The number of carbonyl (C=O) groups excluding carboxylic acids is 1. The number of aromatic nitrogens is 3. The van der Waals surface area contributed by atoms with Crippen LogP contribution in [0.1, 0.15) is 48.0 Å². The van der Waals surface area contributed by atoms with Crippen molar-refractivity contribution in [1.82, 2.24) is 19.9 Å². The van der Waals surface area contributed by atoms with E-state index in [9.17, 15) is 4.79 Å². The lowest BCUT2D eigenvalue weighted by Crippen LogP contribution is -2.36. The van der Waals surface area contributed by atoms with Crippen LogP contribution in [0.25, 0.3) is 17.0 Å². The van der Waals surface area contributed by atoms with E-state index < -0.39 is 0 Å². The number of carbonyl (C=O) groups is 1. The molecule has 3 aromatic heterocycles. The third-order valence-corrected chi connectivity index (χ3v) is 5.76. The Morgan fingerprint density at radius 1 is 1.13 bits per heavy atom. The minimum atomic E-state index is -0.0994. The minimum absolute atomic E-state index is 0.0994. The molecular weight excluding hydrogens is 390 g/mol. The van der Waals surface area contributed by atoms with E-state index >= 15 is 0 Å². The van der Waals surface area contributed by atoms with Crippen molar-refractivity contribution >= 4 is 17.4 Å². The molecule has 0 saturated heterocycles. The van der Waals surface area contributed by atoms with Gasteiger partial charge in [-0.1, -0.05) is 37.5 Å². The van der Waals surface area contributed by atoms with Crippen molar-refractivity contribution in [2.45, 2.75) is 44.7 Å². The van der Waals surface area contributed by atoms with Crippen LogP contribution in [0.2, 0.25) is 0 Å². The van der Waals surface area contributed by atoms with Crippen LogP contribution < -0.4 is 10.6 Å². The van der Waals surface area contributed by atoms with Crippen LogP contribution in [0.3, 0.4) is 0 Å². The van der Waals surface area contributed by atoms with Crippen LogP contribution >= 0.6 is 0 Å². The molecule has 1 fully saturated rings. The monoisotopic (exact) mass is 415 g/mol. The Bertz CT molecular complexity index is 1180. The first-order valence-corrected chi connectivity index (χ1v) is 10.8. The first-order valence-electron chi connectivity index (χ1n) is 10.8. The van der Waals surface area contributed by atoms with Gasteiger partial charge in [0.1, 0.15) is 17.1 Å². The van der Waals surface area contributed by atoms with Gasteiger partial charge in [-0.25, -0.2) is 9.50 Å². The highest BCUT2D eigenvalue weighted by molar-refractivity contribution is 5.99. The van der Waals surface area contributed by atoms with Crippen molar-refractivity contribution in [3.05, 3.63) is 72.2 Å². The molecule has 0 unspecified atom stereocenters. The molecule has 4 aromatic rings. The quantitative estimate of drug-likeness (QED) is 0.478. The predicted molar refractivity (Wildman–Crippen MR) is 119 cm³/mol. The SMILES string of the molecule is O=C(NC1CCCCC1)c1cnn2ccc(NCc3cccc(-c4ccco4)c3)nc12. The molecule has 1 aliphatic carbocycles. The lowest BCUT2D eigenvalue weighted by atomic mass is 9.95. The van der Waals surface area contributed by atoms with E-state index in [1.54, 1.807) is 17.0 Å². The van der Waals surface area contributed by atoms with Gasteiger partial charge in [-0.05, 0) is 42.7 Å². The van der Waals surface area contributed by atoms with E-state index in [0.717, 1.165) is 29.7 Å². The van der Waals surface area contributed by atoms with E-state index in [-0.39, 0.29) is 11.9 Å². The average Bonchev–Trinajstić information content (AvgIpc) is 3.49. The molecule has 0 aliphatic heterocycles. The van der Waals surface area contributed by atoms with Gasteiger partial charge in [0.15, 0.2) is 5.65 Å². The van der Waals surface area contributed by atoms with Gasteiger partial charge in [-0.3, -0.25) is 4.79 Å². The molecule has 1 aliphatic rings. The fraction of sp³-hybridized carbons (Fsp3) is 0.292. The summed E-state index contributed by atoms with van der Waals surface area (Å²) in [7, 11) is 0. The summed E-state index contributed by atoms with van der Waals surface area (Å²) in [5, 5.41) is 10.8. The Labute approximate surface area is 180 Å². The van der Waals surface area contributed by atoms with Crippen LogP contribution in [-0.4, -0.2) is 26.5 Å². The summed E-state index contributed by atoms with van der Waals surface area (Å²) in [6, 6.07) is 14.1. The lowest BCUT2D eigenvalue weighted by molar-refractivity contribution is 0.0929. The lowest BCUT2D eigenvalue weighted by Gasteiger charge is -2.22. The van der Waals surface area contributed by atoms with Crippen LogP contribution in [0.4, 0.5) is 5.82 Å². The molecule has 0 atom stereocenters. The molecule has 7 nitrogen and oxygen atoms in total. The summed E-state index contributed by atoms with van der Waals surface area (Å²) in [6.45, 7) is 0.607. The van der Waals surface area contributed by atoms with Gasteiger partial charge in [0.2, 0.25) is 0 Å². The van der Waals surface area contributed by atoms with E-state index in [4.69, 9.17) is 4.42 Å². The fourth-order valence-corrected chi connectivity index (χ4v) is 4.11. The molecule has 0 radical (unpaired) electrons. The number of hydrogen-bond donors (Lipinski definition) is 2. The second-order valence-electron chi connectivity index (χ2n) is 7.98. The third kappa shape index (κ3) is 4.30. The molecule has 158 valence electrons. The van der Waals surface area contributed by atoms with Gasteiger partial charge >= 0.3 is 0 Å². The largest absolute Gasteiger partial charge is 0.464 e. The number of nitrogens with one attached hydrogen (secondary N) is 2. The number of furan rings is 1. The van der Waals surface area contributed by atoms with Gasteiger partial charge in [0.05, 0.1) is 12.5 Å². The smallest absolute Gasteiger partial charge is 0.256 e. The Morgan fingerprint density at radius 2 is 2.03 bits per heavy atom. The van der Waals surface area contributed by atoms with E-state index in [1.165, 1.54) is 19.3 Å². The Balaban J connectivity index is 1.30. The number of nitrogens with zero attached hydrogens (tertiary/aromatic N) is 3. The third-order valence-electron chi connectivity index (χ3n) is 5.76. The van der Waals surface area contributed by atoms with E-state index in [1.807, 2.05) is 36.5 Å². The van der Waals surface area contributed by atoms with Crippen LogP contribution in [-0.2, 0) is 6.54 Å². The number of rotatable bonds is 6. The molecular formula is C24H25N5O2. The van der Waals surface area contributed by atoms with Crippen LogP contribution in [0.15, 0.2) is 65.5 Å². The number of benzene rings is 1. The van der Waals surface area contributed by atoms with Crippen molar-refractivity contribution in [3.8, 4) is 11.3 Å². The number of amides is 1. The van der Waals surface area contributed by atoms with Gasteiger partial charge in [0, 0.05) is 24.3 Å². The second-order valence-corrected chi connectivity index (χ2v) is 7.98. The van der Waals surface area contributed by atoms with Crippen molar-refractivity contribution in [3.63, 3.8) is 0 Å². The van der Waals surface area contributed by atoms with Gasteiger partial charge < -0.3 is 15.1 Å². The summed E-state index contributed by atoms with van der Waals surface area (Å²) in [6.07, 6.45) is 10.8. The zero-order valence-electron chi connectivity index (χ0n) is 17.3. The summed E-state index contributed by atoms with van der Waals surface area (Å²) in [5.74, 6) is 1.44. The average molecular weight is 415 g/mol. The molecule has 3 heterocycles. The normalized spacial score (nSPS) is 14.6. The maximum Gasteiger partial charge on any atom is 0.256 e. The van der Waals surface area contributed by atoms with Crippen LogP contribution in [0, 0.1) is 0 Å². The van der Waals surface area contributed by atoms with Crippen LogP contribution in [0.5, 0.6) is 0 Å². The zero-order chi connectivity index (χ0) is 21.0. The highest BCUT2D eigenvalue weighted by Crippen LogP contribution is 2.22. The second kappa shape index (κ2) is 8.63. The molecule has 2 N–H and O–H groups in total. The van der Waals surface area contributed by atoms with Crippen molar-refractivity contribution < 1.29 is 9.21 Å². The van der Waals surface area contributed by atoms with Crippen molar-refractivity contribution in [2.24, 2.45) is 0 Å². The fourth-order valence-electron chi connectivity index (χ4n) is 4.11. The Morgan fingerprint density at radius 3 is 2.87 bits per heavy atom. The van der Waals surface area contributed by atoms with E-state index in [2.05, 4.69) is 32.8 Å². The Kier molecular flexibility index (Phi) is 5.39. The maximum atomic E-state index is 12.8. The zero-order valence-corrected chi connectivity index (χ0v) is 17.3. The highest BCUT2D eigenvalue weighted by Gasteiger charge is 2.20. The molecule has 0 bridgehead atoms. The number of fused-ring (bicyclic) bond motifs is 1. The topological polar surface area (TPSA) is 84.5 Å². The highest BCUT2D eigenvalue weighted by atomic mass is 16.3. The first-order chi connectivity index (χ1) is 15.3. The van der Waals surface area contributed by atoms with Gasteiger partial charge in [-0.15, -0.1) is 0 Å². The van der Waals surface area contributed by atoms with Gasteiger partial charge in [-0.2, -0.15) is 5.10 Å². The van der Waals surface area contributed by atoms with E-state index in [0.29, 0.717) is 23.6 Å². The molecule has 1 aromatic carbocycles. The minimum Gasteiger partial charge on any atom is -0.464 e. The standard InChI is InChI=1S/C24H25N5O2/c30-24(27-19-8-2-1-3-9-19)20-16-26-29-12-11-22(28-23(20)29)25-15-17-6-4-7-18(14-17)21-10-5-13-31-21/h4-7,10-14,16,19H,1-3,8-9,15H2,(H,25,28)(H,27,30). The summed E-state index contributed by atoms with van der Waals surface area (Å²) in [5.41, 5.74) is 3.21. The number of anilines is 1. The molecule has 0 spiro atoms. The van der Waals surface area contributed by atoms with Crippen molar-refractivity contribution in [1.29, 1.82) is 0 Å². The Hall–Kier alpha value is -3.61. The molecule has 31 heavy (non-hydrogen) atoms. The predicted octanol–water partition coefficient (Wildman–Crippen LogP) is 4.66. The molecule has 1 amide bonds. The molecule has 7 heteroatoms. The maximum absolute atomic E-state index is 12.8. The molecule has 1 saturated carbocycles. The first kappa shape index (κ1) is 19.4. The van der Waals surface area contributed by atoms with Crippen molar-refractivity contribution in [2.75, 3.05) is 5.32 Å². The van der Waals surface area contributed by atoms with Gasteiger partial charge in [0.25, 0.3) is 5.91 Å². The molecule has 5 rings (SSSR count).